The molecule has 0 amide bonds. The molecule has 22 heavy (non-hydrogen) atoms. The number of aliphatic hydroxyl groups is 1. The first-order chi connectivity index (χ1) is 10.5. The summed E-state index contributed by atoms with van der Waals surface area (Å²) in [6.45, 7) is 0.810. The Hall–Kier alpha value is -1.89. The van der Waals surface area contributed by atoms with Gasteiger partial charge in [-0.25, -0.2) is 9.67 Å². The zero-order valence-electron chi connectivity index (χ0n) is 11.8. The summed E-state index contributed by atoms with van der Waals surface area (Å²) in [4.78, 5) is 4.44. The fourth-order valence-electron chi connectivity index (χ4n) is 2.73. The van der Waals surface area contributed by atoms with Gasteiger partial charge in [0.25, 0.3) is 0 Å². The Morgan fingerprint density at radius 1 is 1.23 bits per heavy atom. The standard InChI is InChI=1S/C15H16F3N3O/c16-15(17,18)12-5-3-10(4-6-12)8-13-19-14-11(9-22)2-1-7-21(14)20-13/h3-6,11,22H,1-2,7-9H2. The number of fused-ring (bicyclic) bond motifs is 1. The first-order valence-electron chi connectivity index (χ1n) is 7.18. The first-order valence-corrected chi connectivity index (χ1v) is 7.18. The smallest absolute Gasteiger partial charge is 0.396 e. The fourth-order valence-corrected chi connectivity index (χ4v) is 2.73. The zero-order valence-corrected chi connectivity index (χ0v) is 11.8. The van der Waals surface area contributed by atoms with Gasteiger partial charge in [-0.3, -0.25) is 0 Å². The molecular formula is C15H16F3N3O. The van der Waals surface area contributed by atoms with Crippen LogP contribution in [0.2, 0.25) is 0 Å². The van der Waals surface area contributed by atoms with Gasteiger partial charge in [-0.2, -0.15) is 18.3 Å². The average molecular weight is 311 g/mol. The molecule has 1 atom stereocenters. The molecule has 0 fully saturated rings. The second kappa shape index (κ2) is 5.72. The lowest BCUT2D eigenvalue weighted by molar-refractivity contribution is -0.137. The number of aryl methyl sites for hydroxylation is 1. The summed E-state index contributed by atoms with van der Waals surface area (Å²) in [6.07, 6.45) is -2.11. The molecule has 0 radical (unpaired) electrons. The Balaban J connectivity index is 1.78. The molecule has 0 bridgehead atoms. The van der Waals surface area contributed by atoms with Gasteiger partial charge in [0, 0.05) is 18.9 Å². The van der Waals surface area contributed by atoms with E-state index in [0.717, 1.165) is 42.9 Å². The number of rotatable bonds is 3. The summed E-state index contributed by atoms with van der Waals surface area (Å²) in [5.74, 6) is 1.35. The van der Waals surface area contributed by atoms with Crippen LogP contribution in [0.3, 0.4) is 0 Å². The molecule has 1 unspecified atom stereocenters. The lowest BCUT2D eigenvalue weighted by Crippen LogP contribution is -2.19. The number of hydrogen-bond donors (Lipinski definition) is 1. The van der Waals surface area contributed by atoms with E-state index in [1.165, 1.54) is 12.1 Å². The van der Waals surface area contributed by atoms with Crippen LogP contribution >= 0.6 is 0 Å². The van der Waals surface area contributed by atoms with Crippen LogP contribution in [-0.2, 0) is 19.1 Å². The Morgan fingerprint density at radius 3 is 2.59 bits per heavy atom. The van der Waals surface area contributed by atoms with Crippen LogP contribution in [-0.4, -0.2) is 26.5 Å². The van der Waals surface area contributed by atoms with Crippen molar-refractivity contribution >= 4 is 0 Å². The molecule has 3 rings (SSSR count). The SMILES string of the molecule is OCC1CCCn2nc(Cc3ccc(C(F)(F)F)cc3)nc21. The molecule has 1 N–H and O–H groups in total. The van der Waals surface area contributed by atoms with E-state index in [0.29, 0.717) is 12.2 Å². The minimum absolute atomic E-state index is 0.00241. The van der Waals surface area contributed by atoms with Gasteiger partial charge in [0.1, 0.15) is 5.82 Å². The molecule has 1 aromatic carbocycles. The van der Waals surface area contributed by atoms with Crippen molar-refractivity contribution in [1.82, 2.24) is 14.8 Å². The fraction of sp³-hybridized carbons (Fsp3) is 0.467. The number of nitrogens with zero attached hydrogens (tertiary/aromatic N) is 3. The average Bonchev–Trinajstić information content (AvgIpc) is 2.89. The van der Waals surface area contributed by atoms with E-state index in [9.17, 15) is 18.3 Å². The molecule has 0 aliphatic carbocycles. The van der Waals surface area contributed by atoms with Crippen molar-refractivity contribution in [3.8, 4) is 0 Å². The maximum atomic E-state index is 12.5. The van der Waals surface area contributed by atoms with Crippen LogP contribution in [0.1, 0.15) is 41.5 Å². The quantitative estimate of drug-likeness (QED) is 0.948. The molecule has 0 saturated heterocycles. The highest BCUT2D eigenvalue weighted by atomic mass is 19.4. The molecule has 118 valence electrons. The lowest BCUT2D eigenvalue weighted by atomic mass is 10.0. The van der Waals surface area contributed by atoms with Crippen molar-refractivity contribution in [1.29, 1.82) is 0 Å². The third-order valence-corrected chi connectivity index (χ3v) is 3.90. The van der Waals surface area contributed by atoms with Crippen molar-refractivity contribution in [2.24, 2.45) is 0 Å². The molecule has 2 aromatic rings. The van der Waals surface area contributed by atoms with E-state index in [2.05, 4.69) is 10.1 Å². The van der Waals surface area contributed by atoms with Gasteiger partial charge in [-0.05, 0) is 30.5 Å². The van der Waals surface area contributed by atoms with E-state index in [4.69, 9.17) is 0 Å². The molecular weight excluding hydrogens is 295 g/mol. The minimum Gasteiger partial charge on any atom is -0.396 e. The third-order valence-electron chi connectivity index (χ3n) is 3.90. The number of halogens is 3. The second-order valence-corrected chi connectivity index (χ2v) is 5.50. The van der Waals surface area contributed by atoms with Crippen molar-refractivity contribution in [2.45, 2.75) is 37.9 Å². The normalized spacial score (nSPS) is 18.3. The Morgan fingerprint density at radius 2 is 1.95 bits per heavy atom. The number of benzene rings is 1. The van der Waals surface area contributed by atoms with E-state index < -0.39 is 11.7 Å². The maximum Gasteiger partial charge on any atom is 0.416 e. The third kappa shape index (κ3) is 2.99. The van der Waals surface area contributed by atoms with Gasteiger partial charge in [0.15, 0.2) is 5.82 Å². The topological polar surface area (TPSA) is 50.9 Å². The molecule has 0 saturated carbocycles. The first kappa shape index (κ1) is 15.0. The van der Waals surface area contributed by atoms with Crippen molar-refractivity contribution in [3.63, 3.8) is 0 Å². The summed E-state index contributed by atoms with van der Waals surface area (Å²) in [7, 11) is 0. The molecule has 1 aromatic heterocycles. The van der Waals surface area contributed by atoms with Gasteiger partial charge < -0.3 is 5.11 Å². The van der Waals surface area contributed by atoms with Crippen LogP contribution in [0, 0.1) is 0 Å². The highest BCUT2D eigenvalue weighted by molar-refractivity contribution is 5.26. The lowest BCUT2D eigenvalue weighted by Gasteiger charge is -2.19. The van der Waals surface area contributed by atoms with Gasteiger partial charge in [-0.1, -0.05) is 12.1 Å². The predicted octanol–water partition coefficient (Wildman–Crippen LogP) is 2.76. The van der Waals surface area contributed by atoms with Crippen molar-refractivity contribution < 1.29 is 18.3 Å². The molecule has 2 heterocycles. The number of aromatic nitrogens is 3. The summed E-state index contributed by atoms with van der Waals surface area (Å²) in [6, 6.07) is 5.04. The molecule has 1 aliphatic rings. The molecule has 7 heteroatoms. The highest BCUT2D eigenvalue weighted by Crippen LogP contribution is 2.29. The maximum absolute atomic E-state index is 12.5. The molecule has 1 aliphatic heterocycles. The van der Waals surface area contributed by atoms with E-state index in [1.54, 1.807) is 4.68 Å². The molecule has 0 spiro atoms. The van der Waals surface area contributed by atoms with Gasteiger partial charge in [0.2, 0.25) is 0 Å². The minimum atomic E-state index is -4.32. The van der Waals surface area contributed by atoms with Gasteiger partial charge in [-0.15, -0.1) is 0 Å². The Kier molecular flexibility index (Phi) is 3.90. The van der Waals surface area contributed by atoms with E-state index in [1.807, 2.05) is 0 Å². The van der Waals surface area contributed by atoms with Crippen LogP contribution in [0.5, 0.6) is 0 Å². The number of hydrogen-bond acceptors (Lipinski definition) is 3. The second-order valence-electron chi connectivity index (χ2n) is 5.50. The van der Waals surface area contributed by atoms with E-state index >= 15 is 0 Å². The number of alkyl halides is 3. The zero-order chi connectivity index (χ0) is 15.7. The highest BCUT2D eigenvalue weighted by Gasteiger charge is 2.30. The van der Waals surface area contributed by atoms with Crippen LogP contribution in [0.25, 0.3) is 0 Å². The monoisotopic (exact) mass is 311 g/mol. The van der Waals surface area contributed by atoms with Gasteiger partial charge >= 0.3 is 6.18 Å². The largest absolute Gasteiger partial charge is 0.416 e. The Bertz CT molecular complexity index is 649. The summed E-state index contributed by atoms with van der Waals surface area (Å²) in [5.41, 5.74) is 0.0742. The van der Waals surface area contributed by atoms with Crippen LogP contribution in [0.4, 0.5) is 13.2 Å². The predicted molar refractivity (Wildman–Crippen MR) is 73.3 cm³/mol. The van der Waals surface area contributed by atoms with E-state index in [-0.39, 0.29) is 12.5 Å². The summed E-state index contributed by atoms with van der Waals surface area (Å²) < 4.78 is 39.4. The number of aliphatic hydroxyl groups excluding tert-OH is 1. The van der Waals surface area contributed by atoms with Crippen molar-refractivity contribution in [3.05, 3.63) is 47.0 Å². The van der Waals surface area contributed by atoms with Crippen molar-refractivity contribution in [2.75, 3.05) is 6.61 Å². The van der Waals surface area contributed by atoms with Crippen LogP contribution in [0.15, 0.2) is 24.3 Å². The molecule has 4 nitrogen and oxygen atoms in total. The summed E-state index contributed by atoms with van der Waals surface area (Å²) >= 11 is 0. The van der Waals surface area contributed by atoms with Crippen LogP contribution < -0.4 is 0 Å². The Labute approximate surface area is 125 Å². The summed E-state index contributed by atoms with van der Waals surface area (Å²) in [5, 5.41) is 13.7. The van der Waals surface area contributed by atoms with Gasteiger partial charge in [0.05, 0.1) is 12.2 Å².